The van der Waals surface area contributed by atoms with E-state index in [-0.39, 0.29) is 17.9 Å². The molecule has 2 aromatic rings. The maximum Gasteiger partial charge on any atom is 0.166 e. The first-order valence-corrected chi connectivity index (χ1v) is 6.94. The number of nitrogens with zero attached hydrogens (tertiary/aromatic N) is 2. The van der Waals surface area contributed by atoms with E-state index in [0.29, 0.717) is 6.29 Å². The molecule has 6 heteroatoms. The van der Waals surface area contributed by atoms with E-state index in [1.807, 2.05) is 6.92 Å². The summed E-state index contributed by atoms with van der Waals surface area (Å²) in [5.74, 6) is -0.586. The highest BCUT2D eigenvalue weighted by Gasteiger charge is 2.15. The third-order valence-electron chi connectivity index (χ3n) is 2.98. The number of benzene rings is 1. The van der Waals surface area contributed by atoms with Crippen molar-refractivity contribution in [2.45, 2.75) is 20.0 Å². The Bertz CT molecular complexity index is 640. The molecule has 106 valence electrons. The van der Waals surface area contributed by atoms with Gasteiger partial charge in [0.15, 0.2) is 17.9 Å². The molecule has 0 N–H and O–H groups in total. The van der Waals surface area contributed by atoms with Crippen LogP contribution in [0.5, 0.6) is 5.75 Å². The van der Waals surface area contributed by atoms with Gasteiger partial charge in [-0.2, -0.15) is 5.10 Å². The van der Waals surface area contributed by atoms with Crippen molar-refractivity contribution < 1.29 is 13.9 Å². The van der Waals surface area contributed by atoms with Gasteiger partial charge in [0, 0.05) is 7.05 Å². The quantitative estimate of drug-likeness (QED) is 0.784. The normalized spacial score (nSPS) is 10.6. The van der Waals surface area contributed by atoms with Crippen LogP contribution in [0, 0.1) is 5.82 Å². The number of carbonyl (C=O) groups excluding carboxylic acids is 1. The lowest BCUT2D eigenvalue weighted by atomic mass is 10.2. The van der Waals surface area contributed by atoms with Gasteiger partial charge in [-0.15, -0.1) is 0 Å². The Kier molecular flexibility index (Phi) is 4.54. The largest absolute Gasteiger partial charge is 0.483 e. The Balaban J connectivity index is 2.26. The summed E-state index contributed by atoms with van der Waals surface area (Å²) in [7, 11) is 1.80. The van der Waals surface area contributed by atoms with Crippen molar-refractivity contribution in [1.29, 1.82) is 0 Å². The Morgan fingerprint density at radius 3 is 2.85 bits per heavy atom. The number of para-hydroxylation sites is 1. The minimum Gasteiger partial charge on any atom is -0.483 e. The number of ether oxygens (including phenoxy) is 1. The van der Waals surface area contributed by atoms with E-state index in [0.717, 1.165) is 22.3 Å². The highest BCUT2D eigenvalue weighted by Crippen LogP contribution is 2.26. The van der Waals surface area contributed by atoms with Crippen molar-refractivity contribution in [2.75, 3.05) is 0 Å². The molecule has 20 heavy (non-hydrogen) atoms. The van der Waals surface area contributed by atoms with Gasteiger partial charge < -0.3 is 4.74 Å². The first kappa shape index (κ1) is 14.7. The number of carbonyl (C=O) groups is 1. The molecule has 0 aliphatic heterocycles. The molecule has 0 bridgehead atoms. The minimum absolute atomic E-state index is 0.0337. The molecule has 0 aliphatic rings. The zero-order valence-corrected chi connectivity index (χ0v) is 12.8. The molecule has 0 saturated carbocycles. The van der Waals surface area contributed by atoms with Crippen LogP contribution in [0.2, 0.25) is 0 Å². The molecule has 4 nitrogen and oxygen atoms in total. The van der Waals surface area contributed by atoms with E-state index >= 15 is 0 Å². The highest BCUT2D eigenvalue weighted by molar-refractivity contribution is 9.10. The zero-order chi connectivity index (χ0) is 14.7. The smallest absolute Gasteiger partial charge is 0.166 e. The summed E-state index contributed by atoms with van der Waals surface area (Å²) in [6, 6.07) is 4.25. The minimum atomic E-state index is -0.552. The van der Waals surface area contributed by atoms with Crippen LogP contribution >= 0.6 is 15.9 Å². The molecule has 1 heterocycles. The second kappa shape index (κ2) is 6.17. The number of aldehydes is 1. The van der Waals surface area contributed by atoms with E-state index in [2.05, 4.69) is 21.0 Å². The van der Waals surface area contributed by atoms with E-state index in [4.69, 9.17) is 4.74 Å². The van der Waals surface area contributed by atoms with Gasteiger partial charge in [-0.05, 0) is 34.5 Å². The lowest BCUT2D eigenvalue weighted by Crippen LogP contribution is -2.06. The number of hydrogen-bond acceptors (Lipinski definition) is 3. The lowest BCUT2D eigenvalue weighted by Gasteiger charge is -2.10. The number of rotatable bonds is 5. The fourth-order valence-electron chi connectivity index (χ4n) is 1.89. The molecule has 0 unspecified atom stereocenters. The van der Waals surface area contributed by atoms with Crippen LogP contribution in [-0.4, -0.2) is 16.1 Å². The maximum absolute atomic E-state index is 13.7. The van der Waals surface area contributed by atoms with Gasteiger partial charge in [-0.1, -0.05) is 13.0 Å². The predicted octanol–water partition coefficient (Wildman–Crippen LogP) is 3.28. The predicted molar refractivity (Wildman–Crippen MR) is 76.4 cm³/mol. The van der Waals surface area contributed by atoms with E-state index in [1.54, 1.807) is 11.7 Å². The van der Waals surface area contributed by atoms with Crippen LogP contribution in [0.25, 0.3) is 0 Å². The van der Waals surface area contributed by atoms with Crippen molar-refractivity contribution in [3.63, 3.8) is 0 Å². The molecule has 0 aliphatic carbocycles. The topological polar surface area (TPSA) is 44.1 Å². The summed E-state index contributed by atoms with van der Waals surface area (Å²) in [6.07, 6.45) is 1.36. The fraction of sp³-hybridized carbons (Fsp3) is 0.286. The standard InChI is InChI=1S/C14H14BrFN2O2/c1-3-11-13(15)12(18(2)17-11)8-20-14-9(7-19)5-4-6-10(14)16/h4-7H,3,8H2,1-2H3. The molecule has 2 rings (SSSR count). The van der Waals surface area contributed by atoms with Gasteiger partial charge >= 0.3 is 0 Å². The van der Waals surface area contributed by atoms with Gasteiger partial charge in [0.25, 0.3) is 0 Å². The molecule has 0 saturated heterocycles. The van der Waals surface area contributed by atoms with Gasteiger partial charge in [-0.25, -0.2) is 4.39 Å². The van der Waals surface area contributed by atoms with Gasteiger partial charge in [-0.3, -0.25) is 9.48 Å². The summed E-state index contributed by atoms with van der Waals surface area (Å²) >= 11 is 3.46. The highest BCUT2D eigenvalue weighted by atomic mass is 79.9. The zero-order valence-electron chi connectivity index (χ0n) is 11.2. The summed E-state index contributed by atoms with van der Waals surface area (Å²) in [4.78, 5) is 10.9. The first-order valence-electron chi connectivity index (χ1n) is 6.15. The Morgan fingerprint density at radius 1 is 1.50 bits per heavy atom. The van der Waals surface area contributed by atoms with Crippen molar-refractivity contribution in [2.24, 2.45) is 7.05 Å². The van der Waals surface area contributed by atoms with Crippen LogP contribution in [0.3, 0.4) is 0 Å². The number of halogens is 2. The molecule has 1 aromatic heterocycles. The molecular weight excluding hydrogens is 327 g/mol. The molecule has 1 aromatic carbocycles. The van der Waals surface area contributed by atoms with E-state index < -0.39 is 5.82 Å². The summed E-state index contributed by atoms with van der Waals surface area (Å²) < 4.78 is 21.7. The molecule has 0 radical (unpaired) electrons. The summed E-state index contributed by atoms with van der Waals surface area (Å²) in [6.45, 7) is 2.13. The van der Waals surface area contributed by atoms with Crippen molar-refractivity contribution in [3.8, 4) is 5.75 Å². The average Bonchev–Trinajstić information content (AvgIpc) is 2.72. The molecule has 0 spiro atoms. The van der Waals surface area contributed by atoms with E-state index in [1.165, 1.54) is 18.2 Å². The van der Waals surface area contributed by atoms with Crippen molar-refractivity contribution >= 4 is 22.2 Å². The van der Waals surface area contributed by atoms with Gasteiger partial charge in [0.2, 0.25) is 0 Å². The second-order valence-corrected chi connectivity index (χ2v) is 5.04. The SMILES string of the molecule is CCc1nn(C)c(COc2c(F)cccc2C=O)c1Br. The molecular formula is C14H14BrFN2O2. The number of hydrogen-bond donors (Lipinski definition) is 0. The van der Waals surface area contributed by atoms with Gasteiger partial charge in [0.05, 0.1) is 21.4 Å². The monoisotopic (exact) mass is 340 g/mol. The van der Waals surface area contributed by atoms with E-state index in [9.17, 15) is 9.18 Å². The molecule has 0 amide bonds. The molecule has 0 fully saturated rings. The summed E-state index contributed by atoms with van der Waals surface area (Å²) in [5, 5.41) is 4.33. The van der Waals surface area contributed by atoms with Crippen LogP contribution in [0.4, 0.5) is 4.39 Å². The average molecular weight is 341 g/mol. The van der Waals surface area contributed by atoms with Gasteiger partial charge in [0.1, 0.15) is 6.61 Å². The third-order valence-corrected chi connectivity index (χ3v) is 3.90. The fourth-order valence-corrected chi connectivity index (χ4v) is 2.62. The number of aryl methyl sites for hydroxylation is 2. The summed E-state index contributed by atoms with van der Waals surface area (Å²) in [5.41, 5.74) is 1.90. The van der Waals surface area contributed by atoms with Crippen LogP contribution < -0.4 is 4.74 Å². The Morgan fingerprint density at radius 2 is 2.25 bits per heavy atom. The third kappa shape index (κ3) is 2.75. The Labute approximate surface area is 124 Å². The van der Waals surface area contributed by atoms with Crippen LogP contribution in [-0.2, 0) is 20.1 Å². The number of aromatic nitrogens is 2. The maximum atomic E-state index is 13.7. The molecule has 0 atom stereocenters. The van der Waals surface area contributed by atoms with Crippen LogP contribution in [0.1, 0.15) is 28.7 Å². The first-order chi connectivity index (χ1) is 9.58. The second-order valence-electron chi connectivity index (χ2n) is 4.25. The Hall–Kier alpha value is -1.69. The lowest BCUT2D eigenvalue weighted by molar-refractivity contribution is 0.111. The van der Waals surface area contributed by atoms with Crippen molar-refractivity contribution in [3.05, 3.63) is 45.4 Å². The van der Waals surface area contributed by atoms with Crippen molar-refractivity contribution in [1.82, 2.24) is 9.78 Å². The van der Waals surface area contributed by atoms with Crippen LogP contribution in [0.15, 0.2) is 22.7 Å².